The van der Waals surface area contributed by atoms with Crippen LogP contribution in [0.25, 0.3) is 5.78 Å². The van der Waals surface area contributed by atoms with Crippen LogP contribution in [0.2, 0.25) is 0 Å². The first kappa shape index (κ1) is 14.2. The van der Waals surface area contributed by atoms with E-state index >= 15 is 0 Å². The van der Waals surface area contributed by atoms with E-state index in [0.29, 0.717) is 17.9 Å². The topological polar surface area (TPSA) is 69.8 Å². The van der Waals surface area contributed by atoms with Crippen molar-refractivity contribution in [1.29, 1.82) is 0 Å². The second-order valence-corrected chi connectivity index (χ2v) is 5.79. The Morgan fingerprint density at radius 3 is 2.67 bits per heavy atom. The molecule has 0 aliphatic carbocycles. The summed E-state index contributed by atoms with van der Waals surface area (Å²) >= 11 is 0. The number of aliphatic hydroxyl groups excluding tert-OH is 1. The van der Waals surface area contributed by atoms with Gasteiger partial charge in [-0.1, -0.05) is 0 Å². The number of hydrogen-bond donors (Lipinski definition) is 1. The van der Waals surface area contributed by atoms with Crippen LogP contribution in [0, 0.1) is 6.92 Å². The molecule has 7 nitrogen and oxygen atoms in total. The van der Waals surface area contributed by atoms with Crippen LogP contribution in [0.15, 0.2) is 12.4 Å². The van der Waals surface area contributed by atoms with Crippen molar-refractivity contribution >= 4 is 11.6 Å². The summed E-state index contributed by atoms with van der Waals surface area (Å²) in [5.74, 6) is 1.68. The maximum Gasteiger partial charge on any atom is 0.254 e. The Hall–Kier alpha value is -1.73. The number of nitrogens with zero attached hydrogens (tertiary/aromatic N) is 6. The zero-order valence-corrected chi connectivity index (χ0v) is 12.8. The standard InChI is InChI=1S/C14H22N6O/c1-10-6-13(20-14(17-10)15-9-16-20)18-7-11(2)19(4-5-21)12(3)8-18/h6,9,11-12,21H,4-5,7-8H2,1-3H3/t11-,12+. The Balaban J connectivity index is 1.91. The first-order valence-corrected chi connectivity index (χ1v) is 7.39. The summed E-state index contributed by atoms with van der Waals surface area (Å²) in [5, 5.41) is 13.5. The van der Waals surface area contributed by atoms with Crippen molar-refractivity contribution in [3.63, 3.8) is 0 Å². The van der Waals surface area contributed by atoms with E-state index in [1.165, 1.54) is 0 Å². The number of anilines is 1. The minimum Gasteiger partial charge on any atom is -0.395 e. The maximum atomic E-state index is 9.20. The van der Waals surface area contributed by atoms with Gasteiger partial charge in [0.15, 0.2) is 0 Å². The molecule has 3 heterocycles. The van der Waals surface area contributed by atoms with E-state index in [2.05, 4.69) is 44.8 Å². The van der Waals surface area contributed by atoms with Crippen molar-refractivity contribution < 1.29 is 5.11 Å². The van der Waals surface area contributed by atoms with Crippen molar-refractivity contribution in [3.05, 3.63) is 18.1 Å². The zero-order chi connectivity index (χ0) is 15.0. The Bertz CT molecular complexity index is 615. The minimum atomic E-state index is 0.205. The van der Waals surface area contributed by atoms with Gasteiger partial charge in [0.25, 0.3) is 5.78 Å². The third-order valence-corrected chi connectivity index (χ3v) is 4.14. The van der Waals surface area contributed by atoms with E-state index in [1.807, 2.05) is 6.92 Å². The molecule has 1 fully saturated rings. The zero-order valence-electron chi connectivity index (χ0n) is 12.8. The smallest absolute Gasteiger partial charge is 0.254 e. The van der Waals surface area contributed by atoms with Gasteiger partial charge in [-0.3, -0.25) is 4.90 Å². The largest absolute Gasteiger partial charge is 0.395 e. The third kappa shape index (κ3) is 2.58. The van der Waals surface area contributed by atoms with Gasteiger partial charge in [-0.25, -0.2) is 4.98 Å². The molecule has 0 aromatic carbocycles. The monoisotopic (exact) mass is 290 g/mol. The van der Waals surface area contributed by atoms with E-state index in [1.54, 1.807) is 10.8 Å². The average molecular weight is 290 g/mol. The molecule has 0 radical (unpaired) electrons. The minimum absolute atomic E-state index is 0.205. The van der Waals surface area contributed by atoms with Crippen LogP contribution in [0.3, 0.4) is 0 Å². The van der Waals surface area contributed by atoms with Crippen molar-refractivity contribution in [2.45, 2.75) is 32.9 Å². The number of piperazine rings is 1. The fraction of sp³-hybridized carbons (Fsp3) is 0.643. The first-order chi connectivity index (χ1) is 10.1. The molecule has 1 aliphatic heterocycles. The first-order valence-electron chi connectivity index (χ1n) is 7.39. The molecule has 7 heteroatoms. The summed E-state index contributed by atoms with van der Waals surface area (Å²) in [6.45, 7) is 9.12. The van der Waals surface area contributed by atoms with Crippen molar-refractivity contribution in [3.8, 4) is 0 Å². The van der Waals surface area contributed by atoms with Gasteiger partial charge in [-0.15, -0.1) is 0 Å². The Morgan fingerprint density at radius 2 is 2.00 bits per heavy atom. The van der Waals surface area contributed by atoms with Crippen LogP contribution in [-0.4, -0.2) is 67.9 Å². The van der Waals surface area contributed by atoms with Crippen LogP contribution >= 0.6 is 0 Å². The molecule has 114 valence electrons. The molecule has 0 spiro atoms. The second-order valence-electron chi connectivity index (χ2n) is 5.79. The number of aliphatic hydroxyl groups is 1. The fourth-order valence-electron chi connectivity index (χ4n) is 3.24. The summed E-state index contributed by atoms with van der Waals surface area (Å²) in [6.07, 6.45) is 1.54. The van der Waals surface area contributed by atoms with E-state index in [9.17, 15) is 5.11 Å². The van der Waals surface area contributed by atoms with Crippen LogP contribution in [-0.2, 0) is 0 Å². The third-order valence-electron chi connectivity index (χ3n) is 4.14. The predicted octanol–water partition coefficient (Wildman–Crippen LogP) is 0.324. The highest BCUT2D eigenvalue weighted by Crippen LogP contribution is 2.22. The molecule has 2 aromatic heterocycles. The summed E-state index contributed by atoms with van der Waals surface area (Å²) < 4.78 is 1.80. The lowest BCUT2D eigenvalue weighted by molar-refractivity contribution is 0.102. The summed E-state index contributed by atoms with van der Waals surface area (Å²) in [4.78, 5) is 13.3. The Labute approximate surface area is 124 Å². The Morgan fingerprint density at radius 1 is 1.29 bits per heavy atom. The lowest BCUT2D eigenvalue weighted by Crippen LogP contribution is -2.57. The highest BCUT2D eigenvalue weighted by atomic mass is 16.3. The highest BCUT2D eigenvalue weighted by molar-refractivity contribution is 5.48. The molecule has 0 bridgehead atoms. The van der Waals surface area contributed by atoms with Gasteiger partial charge in [0.05, 0.1) is 6.61 Å². The van der Waals surface area contributed by atoms with Gasteiger partial charge < -0.3 is 10.0 Å². The lowest BCUT2D eigenvalue weighted by Gasteiger charge is -2.45. The average Bonchev–Trinajstić information content (AvgIpc) is 2.89. The molecule has 0 saturated carbocycles. The van der Waals surface area contributed by atoms with Crippen LogP contribution < -0.4 is 4.90 Å². The molecule has 0 amide bonds. The number of fused-ring (bicyclic) bond motifs is 1. The number of hydrogen-bond acceptors (Lipinski definition) is 6. The number of rotatable bonds is 3. The van der Waals surface area contributed by atoms with E-state index < -0.39 is 0 Å². The molecule has 1 aliphatic rings. The summed E-state index contributed by atoms with van der Waals surface area (Å²) in [6, 6.07) is 2.82. The van der Waals surface area contributed by atoms with Crippen LogP contribution in [0.1, 0.15) is 19.5 Å². The summed E-state index contributed by atoms with van der Waals surface area (Å²) in [5.41, 5.74) is 0.948. The summed E-state index contributed by atoms with van der Waals surface area (Å²) in [7, 11) is 0. The van der Waals surface area contributed by atoms with E-state index in [4.69, 9.17) is 0 Å². The van der Waals surface area contributed by atoms with Gasteiger partial charge >= 0.3 is 0 Å². The molecular weight excluding hydrogens is 268 g/mol. The number of aromatic nitrogens is 4. The van der Waals surface area contributed by atoms with Crippen molar-refractivity contribution in [2.75, 3.05) is 31.1 Å². The SMILES string of the molecule is Cc1cc(N2C[C@@H](C)N(CCO)[C@@H](C)C2)n2ncnc2n1. The number of β-amino-alcohol motifs (C(OH)–C–C–N with tert-alkyl or cyclic N) is 1. The fourth-order valence-corrected chi connectivity index (χ4v) is 3.24. The van der Waals surface area contributed by atoms with E-state index in [-0.39, 0.29) is 6.61 Å². The van der Waals surface area contributed by atoms with Crippen LogP contribution in [0.4, 0.5) is 5.82 Å². The molecular formula is C14H22N6O. The lowest BCUT2D eigenvalue weighted by atomic mass is 10.1. The van der Waals surface area contributed by atoms with Gasteiger partial charge in [0, 0.05) is 43.5 Å². The molecule has 2 atom stereocenters. The predicted molar refractivity (Wildman–Crippen MR) is 80.4 cm³/mol. The van der Waals surface area contributed by atoms with Crippen LogP contribution in [0.5, 0.6) is 0 Å². The van der Waals surface area contributed by atoms with Crippen molar-refractivity contribution in [1.82, 2.24) is 24.5 Å². The molecule has 2 aromatic rings. The molecule has 21 heavy (non-hydrogen) atoms. The highest BCUT2D eigenvalue weighted by Gasteiger charge is 2.30. The normalized spacial score (nSPS) is 23.9. The van der Waals surface area contributed by atoms with Crippen molar-refractivity contribution in [2.24, 2.45) is 0 Å². The van der Waals surface area contributed by atoms with Gasteiger partial charge in [-0.05, 0) is 20.8 Å². The maximum absolute atomic E-state index is 9.20. The quantitative estimate of drug-likeness (QED) is 0.878. The van der Waals surface area contributed by atoms with Gasteiger partial charge in [-0.2, -0.15) is 14.6 Å². The molecule has 0 unspecified atom stereocenters. The molecule has 3 rings (SSSR count). The second kappa shape index (κ2) is 5.57. The molecule has 1 saturated heterocycles. The van der Waals surface area contributed by atoms with Gasteiger partial charge in [0.2, 0.25) is 0 Å². The molecule has 1 N–H and O–H groups in total. The van der Waals surface area contributed by atoms with Gasteiger partial charge in [0.1, 0.15) is 12.1 Å². The van der Waals surface area contributed by atoms with E-state index in [0.717, 1.165) is 31.1 Å². The Kier molecular flexibility index (Phi) is 3.77. The number of aryl methyl sites for hydroxylation is 1.